The topological polar surface area (TPSA) is 26.3 Å². The highest BCUT2D eigenvalue weighted by Crippen LogP contribution is 2.29. The lowest BCUT2D eigenvalue weighted by Gasteiger charge is -2.10. The molecule has 0 saturated carbocycles. The highest BCUT2D eigenvalue weighted by molar-refractivity contribution is 5.96. The van der Waals surface area contributed by atoms with Crippen LogP contribution >= 0.6 is 0 Å². The number of halogens is 2. The smallest absolute Gasteiger partial charge is 0.165 e. The molecule has 2 aromatic carbocycles. The van der Waals surface area contributed by atoms with E-state index >= 15 is 0 Å². The second kappa shape index (κ2) is 5.18. The van der Waals surface area contributed by atoms with Gasteiger partial charge in [-0.3, -0.25) is 4.79 Å². The Labute approximate surface area is 109 Å². The molecule has 0 heterocycles. The quantitative estimate of drug-likeness (QED) is 0.772. The van der Waals surface area contributed by atoms with E-state index in [1.807, 2.05) is 0 Å². The zero-order chi connectivity index (χ0) is 14.0. The number of Topliss-reactive ketones (excluding diaryl/α,β-unsaturated/α-hetero) is 1. The van der Waals surface area contributed by atoms with Gasteiger partial charge in [0.15, 0.2) is 17.3 Å². The normalized spacial score (nSPS) is 10.3. The third-order valence-corrected chi connectivity index (χ3v) is 2.63. The Kier molecular flexibility index (Phi) is 3.60. The van der Waals surface area contributed by atoms with Crippen LogP contribution in [0.3, 0.4) is 0 Å². The predicted molar refractivity (Wildman–Crippen MR) is 67.6 cm³/mol. The third kappa shape index (κ3) is 2.96. The van der Waals surface area contributed by atoms with Crippen LogP contribution in [0.1, 0.15) is 22.8 Å². The fourth-order valence-corrected chi connectivity index (χ4v) is 1.67. The number of carbonyl (C=O) groups is 1. The second-order valence-corrected chi connectivity index (χ2v) is 4.23. The Hall–Kier alpha value is -2.23. The molecule has 2 nitrogen and oxygen atoms in total. The van der Waals surface area contributed by atoms with Crippen molar-refractivity contribution in [2.24, 2.45) is 0 Å². The van der Waals surface area contributed by atoms with E-state index in [1.54, 1.807) is 13.0 Å². The Morgan fingerprint density at radius 1 is 1.05 bits per heavy atom. The Morgan fingerprint density at radius 3 is 2.47 bits per heavy atom. The number of aryl methyl sites for hydroxylation is 1. The summed E-state index contributed by atoms with van der Waals surface area (Å²) in [5.74, 6) is -1.28. The molecule has 0 amide bonds. The van der Waals surface area contributed by atoms with Crippen LogP contribution in [0.4, 0.5) is 8.78 Å². The Morgan fingerprint density at radius 2 is 1.79 bits per heavy atom. The van der Waals surface area contributed by atoms with Gasteiger partial charge in [-0.2, -0.15) is 0 Å². The monoisotopic (exact) mass is 262 g/mol. The summed E-state index contributed by atoms with van der Waals surface area (Å²) in [6, 6.07) is 7.96. The minimum absolute atomic E-state index is 0.00843. The summed E-state index contributed by atoms with van der Waals surface area (Å²) in [6.45, 7) is 3.09. The summed E-state index contributed by atoms with van der Waals surface area (Å²) in [5.41, 5.74) is 0.906. The van der Waals surface area contributed by atoms with Gasteiger partial charge in [0.25, 0.3) is 0 Å². The average molecular weight is 262 g/mol. The van der Waals surface area contributed by atoms with Crippen molar-refractivity contribution in [3.63, 3.8) is 0 Å². The van der Waals surface area contributed by atoms with Crippen molar-refractivity contribution in [3.05, 3.63) is 59.2 Å². The summed E-state index contributed by atoms with van der Waals surface area (Å²) < 4.78 is 32.1. The Bertz CT molecular complexity index is 636. The summed E-state index contributed by atoms with van der Waals surface area (Å²) in [7, 11) is 0. The van der Waals surface area contributed by atoms with E-state index in [0.29, 0.717) is 0 Å². The highest BCUT2D eigenvalue weighted by atomic mass is 19.1. The summed E-state index contributed by atoms with van der Waals surface area (Å²) >= 11 is 0. The molecule has 19 heavy (non-hydrogen) atoms. The largest absolute Gasteiger partial charge is 0.454 e. The van der Waals surface area contributed by atoms with Crippen molar-refractivity contribution >= 4 is 5.78 Å². The van der Waals surface area contributed by atoms with E-state index in [2.05, 4.69) is 0 Å². The zero-order valence-corrected chi connectivity index (χ0v) is 10.5. The maximum Gasteiger partial charge on any atom is 0.165 e. The molecule has 0 aliphatic heterocycles. The van der Waals surface area contributed by atoms with Gasteiger partial charge >= 0.3 is 0 Å². The average Bonchev–Trinajstić information content (AvgIpc) is 2.35. The van der Waals surface area contributed by atoms with E-state index < -0.39 is 11.6 Å². The van der Waals surface area contributed by atoms with Gasteiger partial charge in [-0.15, -0.1) is 0 Å². The van der Waals surface area contributed by atoms with Crippen molar-refractivity contribution < 1.29 is 18.3 Å². The first-order valence-electron chi connectivity index (χ1n) is 5.72. The number of hydrogen-bond donors (Lipinski definition) is 0. The van der Waals surface area contributed by atoms with Crippen molar-refractivity contribution in [2.45, 2.75) is 13.8 Å². The minimum atomic E-state index is -0.540. The van der Waals surface area contributed by atoms with E-state index in [1.165, 1.54) is 25.1 Å². The molecule has 2 aromatic rings. The van der Waals surface area contributed by atoms with Gasteiger partial charge in [-0.25, -0.2) is 8.78 Å². The number of ketones is 1. The van der Waals surface area contributed by atoms with Crippen molar-refractivity contribution in [1.82, 2.24) is 0 Å². The van der Waals surface area contributed by atoms with E-state index in [-0.39, 0.29) is 22.8 Å². The molecule has 0 spiro atoms. The van der Waals surface area contributed by atoms with Crippen molar-refractivity contribution in [2.75, 3.05) is 0 Å². The first-order valence-corrected chi connectivity index (χ1v) is 5.72. The molecule has 2 rings (SSSR count). The molecule has 0 aliphatic carbocycles. The fraction of sp³-hybridized carbons (Fsp3) is 0.133. The van der Waals surface area contributed by atoms with Crippen molar-refractivity contribution in [1.29, 1.82) is 0 Å². The van der Waals surface area contributed by atoms with Gasteiger partial charge in [0.2, 0.25) is 0 Å². The molecule has 0 fully saturated rings. The van der Waals surface area contributed by atoms with Crippen LogP contribution < -0.4 is 4.74 Å². The van der Waals surface area contributed by atoms with Gasteiger partial charge in [0.1, 0.15) is 11.6 Å². The van der Waals surface area contributed by atoms with E-state index in [0.717, 1.165) is 17.7 Å². The van der Waals surface area contributed by atoms with Gasteiger partial charge in [-0.1, -0.05) is 6.07 Å². The van der Waals surface area contributed by atoms with Crippen LogP contribution in [0.5, 0.6) is 11.5 Å². The molecular weight excluding hydrogens is 250 g/mol. The van der Waals surface area contributed by atoms with Gasteiger partial charge in [0.05, 0.1) is 5.56 Å². The lowest BCUT2D eigenvalue weighted by molar-refractivity contribution is 0.101. The lowest BCUT2D eigenvalue weighted by atomic mass is 10.1. The third-order valence-electron chi connectivity index (χ3n) is 2.63. The molecule has 0 saturated heterocycles. The van der Waals surface area contributed by atoms with Gasteiger partial charge in [0, 0.05) is 0 Å². The SMILES string of the molecule is CC(=O)c1cc(F)ccc1Oc1cc(C)ccc1F. The predicted octanol–water partition coefficient (Wildman–Crippen LogP) is 4.27. The lowest BCUT2D eigenvalue weighted by Crippen LogP contribution is -1.99. The summed E-state index contributed by atoms with van der Waals surface area (Å²) in [5, 5.41) is 0. The van der Waals surface area contributed by atoms with E-state index in [4.69, 9.17) is 4.74 Å². The van der Waals surface area contributed by atoms with Gasteiger partial charge < -0.3 is 4.74 Å². The molecule has 0 atom stereocenters. The Balaban J connectivity index is 2.43. The van der Waals surface area contributed by atoms with Crippen LogP contribution in [0, 0.1) is 18.6 Å². The molecule has 0 aliphatic rings. The van der Waals surface area contributed by atoms with Gasteiger partial charge in [-0.05, 0) is 49.7 Å². The molecular formula is C15H12F2O2. The second-order valence-electron chi connectivity index (χ2n) is 4.23. The van der Waals surface area contributed by atoms with Crippen LogP contribution in [-0.2, 0) is 0 Å². The van der Waals surface area contributed by atoms with Crippen LogP contribution in [0.15, 0.2) is 36.4 Å². The first kappa shape index (κ1) is 13.2. The van der Waals surface area contributed by atoms with Crippen LogP contribution in [0.2, 0.25) is 0 Å². The molecule has 0 N–H and O–H groups in total. The molecule has 0 bridgehead atoms. The maximum atomic E-state index is 13.6. The number of benzene rings is 2. The molecule has 0 unspecified atom stereocenters. The van der Waals surface area contributed by atoms with Crippen molar-refractivity contribution in [3.8, 4) is 11.5 Å². The summed E-state index contributed by atoms with van der Waals surface area (Å²) in [6.07, 6.45) is 0. The van der Waals surface area contributed by atoms with E-state index in [9.17, 15) is 13.6 Å². The molecule has 0 aromatic heterocycles. The number of hydrogen-bond acceptors (Lipinski definition) is 2. The standard InChI is InChI=1S/C15H12F2O2/c1-9-3-5-13(17)15(7-9)19-14-6-4-11(16)8-12(14)10(2)18/h3-8H,1-2H3. The van der Waals surface area contributed by atoms with Crippen LogP contribution in [0.25, 0.3) is 0 Å². The van der Waals surface area contributed by atoms with Crippen LogP contribution in [-0.4, -0.2) is 5.78 Å². The zero-order valence-electron chi connectivity index (χ0n) is 10.5. The highest BCUT2D eigenvalue weighted by Gasteiger charge is 2.13. The molecule has 98 valence electrons. The summed E-state index contributed by atoms with van der Waals surface area (Å²) in [4.78, 5) is 11.4. The fourth-order valence-electron chi connectivity index (χ4n) is 1.67. The number of carbonyl (C=O) groups excluding carboxylic acids is 1. The molecule has 4 heteroatoms. The number of rotatable bonds is 3. The molecule has 0 radical (unpaired) electrons. The first-order chi connectivity index (χ1) is 8.97. The minimum Gasteiger partial charge on any atom is -0.454 e. The maximum absolute atomic E-state index is 13.6. The number of ether oxygens (including phenoxy) is 1.